The van der Waals surface area contributed by atoms with E-state index in [0.29, 0.717) is 41.7 Å². The fourth-order valence-electron chi connectivity index (χ4n) is 4.38. The summed E-state index contributed by atoms with van der Waals surface area (Å²) in [5, 5.41) is 20.1. The molecular formula is C31H31BrI2N4O7. The number of nitrogens with zero attached hydrogens (tertiary/aromatic N) is 1. The number of hydrogen-bond donors (Lipinski definition) is 4. The maximum atomic E-state index is 12.5. The Morgan fingerprint density at radius 3 is 2.58 bits per heavy atom. The second-order valence-electron chi connectivity index (χ2n) is 9.64. The number of halogens is 3. The molecule has 14 heteroatoms. The van der Waals surface area contributed by atoms with E-state index in [4.69, 9.17) is 18.9 Å². The smallest absolute Gasteiger partial charge is 0.337 e. The van der Waals surface area contributed by atoms with Gasteiger partial charge in [0.25, 0.3) is 0 Å². The number of nitrogens with one attached hydrogen (secondary N) is 3. The van der Waals surface area contributed by atoms with E-state index in [1.54, 1.807) is 31.3 Å². The molecule has 0 radical (unpaired) electrons. The molecule has 45 heavy (non-hydrogen) atoms. The zero-order chi connectivity index (χ0) is 32.5. The van der Waals surface area contributed by atoms with Crippen LogP contribution < -0.4 is 30.3 Å². The highest BCUT2D eigenvalue weighted by atomic mass is 127. The van der Waals surface area contributed by atoms with Crippen molar-refractivity contribution in [2.45, 2.75) is 32.7 Å². The van der Waals surface area contributed by atoms with Crippen molar-refractivity contribution in [1.29, 1.82) is 0 Å². The summed E-state index contributed by atoms with van der Waals surface area (Å²) in [6.07, 6.45) is 0.441. The van der Waals surface area contributed by atoms with Gasteiger partial charge in [0, 0.05) is 19.3 Å². The maximum Gasteiger partial charge on any atom is 0.337 e. The number of benzene rings is 3. The number of hydrogen-bond acceptors (Lipinski definition) is 9. The average Bonchev–Trinajstić information content (AvgIpc) is 3.00. The summed E-state index contributed by atoms with van der Waals surface area (Å²) < 4.78 is 25.6. The van der Waals surface area contributed by atoms with Crippen molar-refractivity contribution >= 4 is 79.3 Å². The predicted molar refractivity (Wildman–Crippen MR) is 189 cm³/mol. The molecule has 0 saturated heterocycles. The van der Waals surface area contributed by atoms with Crippen LogP contribution in [0.25, 0.3) is 0 Å². The van der Waals surface area contributed by atoms with E-state index < -0.39 is 24.3 Å². The highest BCUT2D eigenvalue weighted by molar-refractivity contribution is 14.1. The largest absolute Gasteiger partial charge is 0.490 e. The third-order valence-corrected chi connectivity index (χ3v) is 8.39. The Kier molecular flexibility index (Phi) is 12.7. The first-order valence-electron chi connectivity index (χ1n) is 13.7. The lowest BCUT2D eigenvalue weighted by atomic mass is 9.95. The predicted octanol–water partition coefficient (Wildman–Crippen LogP) is 5.76. The first-order chi connectivity index (χ1) is 21.6. The molecule has 238 valence electrons. The number of hydrazone groups is 1. The summed E-state index contributed by atoms with van der Waals surface area (Å²) in [6.45, 7) is 4.03. The van der Waals surface area contributed by atoms with Crippen LogP contribution in [0, 0.1) is 7.14 Å². The van der Waals surface area contributed by atoms with Crippen LogP contribution in [0.5, 0.6) is 17.2 Å². The van der Waals surface area contributed by atoms with Crippen molar-refractivity contribution in [3.63, 3.8) is 0 Å². The molecule has 1 aliphatic rings. The van der Waals surface area contributed by atoms with E-state index in [1.165, 1.54) is 7.11 Å². The summed E-state index contributed by atoms with van der Waals surface area (Å²) in [5.74, 6) is 0.853. The Labute approximate surface area is 296 Å². The van der Waals surface area contributed by atoms with Crippen molar-refractivity contribution in [1.82, 2.24) is 16.1 Å². The minimum absolute atomic E-state index is 0.149. The Bertz CT molecular complexity index is 1600. The first-order valence-corrected chi connectivity index (χ1v) is 16.6. The summed E-state index contributed by atoms with van der Waals surface area (Å²) in [5.41, 5.74) is 5.71. The lowest BCUT2D eigenvalue weighted by Crippen LogP contribution is -2.45. The molecule has 0 fully saturated rings. The zero-order valence-electron chi connectivity index (χ0n) is 24.5. The van der Waals surface area contributed by atoms with E-state index in [2.05, 4.69) is 82.3 Å². The minimum atomic E-state index is -1.15. The monoisotopic (exact) mass is 904 g/mol. The zero-order valence-corrected chi connectivity index (χ0v) is 30.4. The van der Waals surface area contributed by atoms with Crippen LogP contribution in [0.4, 0.5) is 4.79 Å². The van der Waals surface area contributed by atoms with E-state index in [0.717, 1.165) is 22.7 Å². The molecule has 3 aromatic carbocycles. The number of ether oxygens (including phenoxy) is 4. The Morgan fingerprint density at radius 2 is 1.87 bits per heavy atom. The molecule has 0 aromatic heterocycles. The molecule has 2 amide bonds. The van der Waals surface area contributed by atoms with Crippen LogP contribution in [0.3, 0.4) is 0 Å². The highest BCUT2D eigenvalue weighted by Crippen LogP contribution is 2.35. The molecule has 0 saturated carbocycles. The van der Waals surface area contributed by atoms with Gasteiger partial charge in [0.15, 0.2) is 17.7 Å². The molecule has 1 heterocycles. The van der Waals surface area contributed by atoms with Gasteiger partial charge in [-0.2, -0.15) is 5.10 Å². The lowest BCUT2D eigenvalue weighted by molar-refractivity contribution is -0.136. The Balaban J connectivity index is 1.42. The quantitative estimate of drug-likeness (QED) is 0.0559. The average molecular weight is 905 g/mol. The topological polar surface area (TPSA) is 140 Å². The molecule has 4 rings (SSSR count). The Hall–Kier alpha value is -3.09. The summed E-state index contributed by atoms with van der Waals surface area (Å²) in [7, 11) is 1.28. The number of amides is 2. The van der Waals surface area contributed by atoms with E-state index in [1.807, 2.05) is 43.3 Å². The number of urea groups is 1. The van der Waals surface area contributed by atoms with Gasteiger partial charge in [-0.15, -0.1) is 0 Å². The molecule has 0 unspecified atom stereocenters. The molecule has 1 aliphatic heterocycles. The number of rotatable bonds is 13. The van der Waals surface area contributed by atoms with E-state index in [9.17, 15) is 14.7 Å². The summed E-state index contributed by atoms with van der Waals surface area (Å²) in [4.78, 5) is 24.6. The molecule has 0 spiro atoms. The van der Waals surface area contributed by atoms with Crippen LogP contribution in [-0.4, -0.2) is 49.9 Å². The number of esters is 1. The number of aliphatic hydroxyl groups is 1. The van der Waals surface area contributed by atoms with Gasteiger partial charge in [-0.05, 0) is 107 Å². The molecule has 3 aromatic rings. The second kappa shape index (κ2) is 16.5. The molecule has 2 atom stereocenters. The fourth-order valence-corrected chi connectivity index (χ4v) is 6.69. The standard InChI is InChI=1S/C31H31BrI2N4O7/c1-4-43-25-12-19(28-27(30(40)42-3)17(2)36-31(41)37-28)7-10-24(25)44-16-26(39)38-35-14-20-11-22(33)13-23(34)29(20)45-15-18-5-8-21(32)9-6-18/h5-14,26,28,38-39H,4,15-16H2,1-3H3,(H2,36,37,41)/b35-14+/t26-,28+/m1/s1. The van der Waals surface area contributed by atoms with E-state index >= 15 is 0 Å². The number of carbonyl (C=O) groups is 2. The van der Waals surface area contributed by atoms with Gasteiger partial charge in [-0.25, -0.2) is 9.59 Å². The van der Waals surface area contributed by atoms with Crippen molar-refractivity contribution in [3.05, 3.63) is 94.2 Å². The van der Waals surface area contributed by atoms with Gasteiger partial charge in [0.05, 0.1) is 35.1 Å². The van der Waals surface area contributed by atoms with Crippen molar-refractivity contribution in [2.75, 3.05) is 20.3 Å². The van der Waals surface area contributed by atoms with Crippen molar-refractivity contribution < 1.29 is 33.6 Å². The summed E-state index contributed by atoms with van der Waals surface area (Å²) >= 11 is 7.91. The van der Waals surface area contributed by atoms with Gasteiger partial charge < -0.3 is 34.7 Å². The maximum absolute atomic E-state index is 12.5. The van der Waals surface area contributed by atoms with Crippen LogP contribution in [0.15, 0.2) is 75.4 Å². The van der Waals surface area contributed by atoms with E-state index in [-0.39, 0.29) is 12.2 Å². The van der Waals surface area contributed by atoms with Gasteiger partial charge in [0.1, 0.15) is 19.0 Å². The van der Waals surface area contributed by atoms with Crippen LogP contribution in [-0.2, 0) is 16.1 Å². The van der Waals surface area contributed by atoms with Crippen LogP contribution in [0.1, 0.15) is 36.6 Å². The molecule has 0 bridgehead atoms. The molecule has 11 nitrogen and oxygen atoms in total. The van der Waals surface area contributed by atoms with Crippen molar-refractivity contribution in [2.24, 2.45) is 5.10 Å². The third-order valence-electron chi connectivity index (χ3n) is 6.43. The molecule has 0 aliphatic carbocycles. The number of carbonyl (C=O) groups excluding carboxylic acids is 2. The lowest BCUT2D eigenvalue weighted by Gasteiger charge is -2.28. The summed E-state index contributed by atoms with van der Waals surface area (Å²) in [6, 6.07) is 15.7. The number of methoxy groups -OCH3 is 1. The van der Waals surface area contributed by atoms with Gasteiger partial charge >= 0.3 is 12.0 Å². The molecule has 4 N–H and O–H groups in total. The Morgan fingerprint density at radius 1 is 1.11 bits per heavy atom. The first kappa shape index (κ1) is 34.8. The van der Waals surface area contributed by atoms with Gasteiger partial charge in [-0.1, -0.05) is 34.1 Å². The van der Waals surface area contributed by atoms with Gasteiger partial charge in [0.2, 0.25) is 0 Å². The van der Waals surface area contributed by atoms with Crippen LogP contribution in [0.2, 0.25) is 0 Å². The second-order valence-corrected chi connectivity index (χ2v) is 13.0. The number of allylic oxidation sites excluding steroid dienone is 1. The molecular weight excluding hydrogens is 874 g/mol. The van der Waals surface area contributed by atoms with Crippen molar-refractivity contribution in [3.8, 4) is 17.2 Å². The fraction of sp³-hybridized carbons (Fsp3) is 0.258. The normalized spacial score (nSPS) is 15.3. The minimum Gasteiger partial charge on any atom is -0.490 e. The van der Waals surface area contributed by atoms with Crippen LogP contribution >= 0.6 is 61.1 Å². The SMILES string of the molecule is CCOc1cc([C@@H]2NC(=O)NC(C)=C2C(=O)OC)ccc1OC[C@@H](O)N/N=C/c1cc(I)cc(I)c1OCc1ccc(Br)cc1. The van der Waals surface area contributed by atoms with Gasteiger partial charge in [-0.3, -0.25) is 5.43 Å². The number of aliphatic hydroxyl groups excluding tert-OH is 1. The highest BCUT2D eigenvalue weighted by Gasteiger charge is 2.32. The third kappa shape index (κ3) is 9.46.